The second-order valence-corrected chi connectivity index (χ2v) is 5.12. The number of allylic oxidation sites excluding steroid dienone is 1. The number of pyridine rings is 2. The molecule has 0 aliphatic heterocycles. The van der Waals surface area contributed by atoms with Gasteiger partial charge < -0.3 is 0 Å². The van der Waals surface area contributed by atoms with Crippen molar-refractivity contribution >= 4 is 5.57 Å². The summed E-state index contributed by atoms with van der Waals surface area (Å²) in [4.78, 5) is 8.72. The number of hydrogen-bond acceptors (Lipinski definition) is 2. The fourth-order valence-corrected chi connectivity index (χ4v) is 2.35. The van der Waals surface area contributed by atoms with Crippen molar-refractivity contribution in [3.63, 3.8) is 0 Å². The summed E-state index contributed by atoms with van der Waals surface area (Å²) in [5.41, 5.74) is 5.08. The van der Waals surface area contributed by atoms with E-state index in [1.54, 1.807) is 18.5 Å². The molecule has 0 bridgehead atoms. The van der Waals surface area contributed by atoms with Crippen molar-refractivity contribution in [3.05, 3.63) is 78.9 Å². The predicted molar refractivity (Wildman–Crippen MR) is 87.6 cm³/mol. The van der Waals surface area contributed by atoms with Gasteiger partial charge >= 0.3 is 0 Å². The van der Waals surface area contributed by atoms with Crippen LogP contribution in [0.4, 0.5) is 4.39 Å². The molecule has 0 aliphatic carbocycles. The molecule has 2 heterocycles. The van der Waals surface area contributed by atoms with E-state index >= 15 is 0 Å². The summed E-state index contributed by atoms with van der Waals surface area (Å²) in [7, 11) is 0. The van der Waals surface area contributed by atoms with Crippen LogP contribution in [0.3, 0.4) is 0 Å². The number of aromatic nitrogens is 2. The molecule has 0 unspecified atom stereocenters. The smallest absolute Gasteiger partial charge is 0.123 e. The first kappa shape index (κ1) is 14.1. The second-order valence-electron chi connectivity index (χ2n) is 5.12. The van der Waals surface area contributed by atoms with Crippen LogP contribution >= 0.6 is 0 Å². The number of halogens is 1. The average Bonchev–Trinajstić information content (AvgIpc) is 2.55. The zero-order valence-electron chi connectivity index (χ0n) is 12.3. The SMILES string of the molecule is C=C(C)c1ccc(F)cc1-c1ccc(-c2ccccn2)nc1. The number of rotatable bonds is 3. The Hall–Kier alpha value is -2.81. The minimum absolute atomic E-state index is 0.270. The van der Waals surface area contributed by atoms with E-state index in [-0.39, 0.29) is 5.82 Å². The number of nitrogens with zero attached hydrogens (tertiary/aromatic N) is 2. The Morgan fingerprint density at radius 3 is 2.45 bits per heavy atom. The number of hydrogen-bond donors (Lipinski definition) is 0. The molecule has 22 heavy (non-hydrogen) atoms. The zero-order chi connectivity index (χ0) is 15.5. The highest BCUT2D eigenvalue weighted by atomic mass is 19.1. The van der Waals surface area contributed by atoms with Gasteiger partial charge in [-0.1, -0.05) is 30.4 Å². The Labute approximate surface area is 129 Å². The lowest BCUT2D eigenvalue weighted by Gasteiger charge is -2.10. The lowest BCUT2D eigenvalue weighted by atomic mass is 9.96. The van der Waals surface area contributed by atoms with Crippen molar-refractivity contribution in [2.75, 3.05) is 0 Å². The second kappa shape index (κ2) is 5.90. The van der Waals surface area contributed by atoms with E-state index in [2.05, 4.69) is 16.5 Å². The topological polar surface area (TPSA) is 25.8 Å². The van der Waals surface area contributed by atoms with Crippen molar-refractivity contribution in [1.29, 1.82) is 0 Å². The van der Waals surface area contributed by atoms with Crippen LogP contribution in [0, 0.1) is 5.82 Å². The van der Waals surface area contributed by atoms with Gasteiger partial charge in [0.1, 0.15) is 5.82 Å². The number of benzene rings is 1. The highest BCUT2D eigenvalue weighted by Gasteiger charge is 2.09. The molecule has 0 amide bonds. The fourth-order valence-electron chi connectivity index (χ4n) is 2.35. The molecule has 108 valence electrons. The summed E-state index contributed by atoms with van der Waals surface area (Å²) in [6, 6.07) is 14.2. The minimum Gasteiger partial charge on any atom is -0.255 e. The molecule has 2 aromatic heterocycles. The molecule has 0 N–H and O–H groups in total. The third-order valence-corrected chi connectivity index (χ3v) is 3.44. The highest BCUT2D eigenvalue weighted by Crippen LogP contribution is 2.29. The van der Waals surface area contributed by atoms with E-state index < -0.39 is 0 Å². The van der Waals surface area contributed by atoms with Crippen LogP contribution in [-0.4, -0.2) is 9.97 Å². The van der Waals surface area contributed by atoms with Gasteiger partial charge in [0.15, 0.2) is 0 Å². The average molecular weight is 290 g/mol. The van der Waals surface area contributed by atoms with E-state index in [0.29, 0.717) is 0 Å². The molecule has 1 aromatic carbocycles. The van der Waals surface area contributed by atoms with Gasteiger partial charge in [0.05, 0.1) is 11.4 Å². The van der Waals surface area contributed by atoms with Crippen molar-refractivity contribution in [2.45, 2.75) is 6.92 Å². The Morgan fingerprint density at radius 1 is 1.00 bits per heavy atom. The molecule has 0 spiro atoms. The van der Waals surface area contributed by atoms with Crippen LogP contribution in [-0.2, 0) is 0 Å². The maximum Gasteiger partial charge on any atom is 0.123 e. The Morgan fingerprint density at radius 2 is 1.82 bits per heavy atom. The van der Waals surface area contributed by atoms with Gasteiger partial charge in [-0.25, -0.2) is 4.39 Å². The summed E-state index contributed by atoms with van der Waals surface area (Å²) in [5.74, 6) is -0.270. The molecule has 0 saturated carbocycles. The molecular weight excluding hydrogens is 275 g/mol. The Balaban J connectivity index is 2.04. The summed E-state index contributed by atoms with van der Waals surface area (Å²) in [6.45, 7) is 5.86. The molecule has 0 atom stereocenters. The maximum atomic E-state index is 13.6. The third kappa shape index (κ3) is 2.79. The quantitative estimate of drug-likeness (QED) is 0.679. The minimum atomic E-state index is -0.270. The van der Waals surface area contributed by atoms with Crippen molar-refractivity contribution in [3.8, 4) is 22.5 Å². The van der Waals surface area contributed by atoms with Crippen LogP contribution in [0.2, 0.25) is 0 Å². The summed E-state index contributed by atoms with van der Waals surface area (Å²) in [5, 5.41) is 0. The molecule has 0 aliphatic rings. The monoisotopic (exact) mass is 290 g/mol. The predicted octanol–water partition coefficient (Wildman–Crippen LogP) is 4.98. The van der Waals surface area contributed by atoms with Gasteiger partial charge in [0, 0.05) is 18.0 Å². The van der Waals surface area contributed by atoms with E-state index in [1.807, 2.05) is 37.3 Å². The summed E-state index contributed by atoms with van der Waals surface area (Å²) >= 11 is 0. The molecule has 0 radical (unpaired) electrons. The first-order chi connectivity index (χ1) is 10.6. The molecule has 3 heteroatoms. The highest BCUT2D eigenvalue weighted by molar-refractivity contribution is 5.80. The Kier molecular flexibility index (Phi) is 3.79. The molecule has 0 saturated heterocycles. The standard InChI is InChI=1S/C19H15FN2/c1-13(2)16-8-7-15(20)11-17(16)14-6-9-19(22-12-14)18-5-3-4-10-21-18/h3-12H,1H2,2H3. The lowest BCUT2D eigenvalue weighted by Crippen LogP contribution is -1.91. The molecule has 3 rings (SSSR count). The van der Waals surface area contributed by atoms with Gasteiger partial charge in [-0.3, -0.25) is 9.97 Å². The largest absolute Gasteiger partial charge is 0.255 e. The molecule has 0 fully saturated rings. The molecular formula is C19H15FN2. The van der Waals surface area contributed by atoms with Crippen LogP contribution in [0.15, 0.2) is 67.5 Å². The van der Waals surface area contributed by atoms with Crippen LogP contribution < -0.4 is 0 Å². The van der Waals surface area contributed by atoms with Crippen LogP contribution in [0.5, 0.6) is 0 Å². The lowest BCUT2D eigenvalue weighted by molar-refractivity contribution is 0.628. The van der Waals surface area contributed by atoms with Gasteiger partial charge in [0.25, 0.3) is 0 Å². The van der Waals surface area contributed by atoms with Gasteiger partial charge in [-0.15, -0.1) is 0 Å². The summed E-state index contributed by atoms with van der Waals surface area (Å²) < 4.78 is 13.6. The van der Waals surface area contributed by atoms with Crippen molar-refractivity contribution < 1.29 is 4.39 Å². The van der Waals surface area contributed by atoms with E-state index in [0.717, 1.165) is 33.7 Å². The van der Waals surface area contributed by atoms with E-state index in [1.165, 1.54) is 12.1 Å². The fraction of sp³-hybridized carbons (Fsp3) is 0.0526. The third-order valence-electron chi connectivity index (χ3n) is 3.44. The first-order valence-electron chi connectivity index (χ1n) is 6.98. The van der Waals surface area contributed by atoms with Crippen molar-refractivity contribution in [1.82, 2.24) is 9.97 Å². The zero-order valence-corrected chi connectivity index (χ0v) is 12.3. The van der Waals surface area contributed by atoms with E-state index in [4.69, 9.17) is 0 Å². The maximum absolute atomic E-state index is 13.6. The first-order valence-corrected chi connectivity index (χ1v) is 6.98. The van der Waals surface area contributed by atoms with E-state index in [9.17, 15) is 4.39 Å². The van der Waals surface area contributed by atoms with Gasteiger partial charge in [0.2, 0.25) is 0 Å². The van der Waals surface area contributed by atoms with Crippen LogP contribution in [0.25, 0.3) is 28.1 Å². The van der Waals surface area contributed by atoms with Crippen LogP contribution in [0.1, 0.15) is 12.5 Å². The molecule has 3 aromatic rings. The molecule has 2 nitrogen and oxygen atoms in total. The van der Waals surface area contributed by atoms with Crippen molar-refractivity contribution in [2.24, 2.45) is 0 Å². The van der Waals surface area contributed by atoms with Gasteiger partial charge in [-0.05, 0) is 48.4 Å². The summed E-state index contributed by atoms with van der Waals surface area (Å²) in [6.07, 6.45) is 3.47. The Bertz CT molecular complexity index is 809. The normalized spacial score (nSPS) is 10.5. The van der Waals surface area contributed by atoms with Gasteiger partial charge in [-0.2, -0.15) is 0 Å².